The number of nitro groups is 1. The van der Waals surface area contributed by atoms with Crippen molar-refractivity contribution in [1.82, 2.24) is 15.3 Å². The maximum atomic E-state index is 12.3. The minimum Gasteiger partial charge on any atom is -0.345 e. The molecule has 1 heterocycles. The summed E-state index contributed by atoms with van der Waals surface area (Å²) in [5.74, 6) is 0.0933. The quantitative estimate of drug-likeness (QED) is 0.571. The minimum atomic E-state index is -0.536. The molecular weight excluding hydrogens is 296 g/mol. The molecule has 0 spiro atoms. The zero-order valence-electron chi connectivity index (χ0n) is 12.4. The molecular formula is C16H14N4O3. The van der Waals surface area contributed by atoms with E-state index in [0.29, 0.717) is 11.4 Å². The Balaban J connectivity index is 1.80. The summed E-state index contributed by atoms with van der Waals surface area (Å²) in [5.41, 5.74) is 2.00. The van der Waals surface area contributed by atoms with Crippen molar-refractivity contribution in [2.75, 3.05) is 0 Å². The maximum absolute atomic E-state index is 12.3. The fourth-order valence-corrected chi connectivity index (χ4v) is 2.43. The number of fused-ring (bicyclic) bond motifs is 1. The largest absolute Gasteiger partial charge is 0.345 e. The number of nitro benzene ring substituents is 1. The van der Waals surface area contributed by atoms with Gasteiger partial charge in [0.1, 0.15) is 11.4 Å². The minimum absolute atomic E-state index is 0.0473. The van der Waals surface area contributed by atoms with Crippen molar-refractivity contribution in [3.8, 4) is 0 Å². The molecule has 23 heavy (non-hydrogen) atoms. The summed E-state index contributed by atoms with van der Waals surface area (Å²) in [7, 11) is 0. The lowest BCUT2D eigenvalue weighted by atomic mass is 10.1. The zero-order chi connectivity index (χ0) is 16.4. The molecule has 0 radical (unpaired) electrons. The second kappa shape index (κ2) is 5.88. The molecule has 1 aromatic heterocycles. The van der Waals surface area contributed by atoms with Gasteiger partial charge in [-0.25, -0.2) is 4.98 Å². The molecule has 0 aliphatic rings. The third-order valence-electron chi connectivity index (χ3n) is 3.52. The number of hydrogen-bond acceptors (Lipinski definition) is 4. The number of carbonyl (C=O) groups is 1. The smallest absolute Gasteiger partial charge is 0.285 e. The molecule has 2 N–H and O–H groups in total. The van der Waals surface area contributed by atoms with Gasteiger partial charge in [-0.2, -0.15) is 0 Å². The van der Waals surface area contributed by atoms with E-state index in [1.54, 1.807) is 19.1 Å². The average molecular weight is 310 g/mol. The third kappa shape index (κ3) is 2.89. The van der Waals surface area contributed by atoms with Gasteiger partial charge in [0.25, 0.3) is 11.6 Å². The van der Waals surface area contributed by atoms with Crippen molar-refractivity contribution in [1.29, 1.82) is 0 Å². The summed E-state index contributed by atoms with van der Waals surface area (Å²) >= 11 is 0. The monoisotopic (exact) mass is 310 g/mol. The summed E-state index contributed by atoms with van der Waals surface area (Å²) in [6.07, 6.45) is 0. The number of aromatic amines is 1. The van der Waals surface area contributed by atoms with Crippen molar-refractivity contribution in [3.05, 3.63) is 69.5 Å². The zero-order valence-corrected chi connectivity index (χ0v) is 12.4. The van der Waals surface area contributed by atoms with Crippen LogP contribution in [0.2, 0.25) is 0 Å². The standard InChI is InChI=1S/C16H14N4O3/c1-10-5-4-6-11(15(10)20(22)23)16(21)17-9-14-18-12-7-2-3-8-13(12)19-14/h2-8H,9H2,1H3,(H,17,21)(H,18,19). The van der Waals surface area contributed by atoms with Gasteiger partial charge in [0.2, 0.25) is 0 Å². The van der Waals surface area contributed by atoms with Crippen molar-refractivity contribution < 1.29 is 9.72 Å². The molecule has 3 rings (SSSR count). The van der Waals surface area contributed by atoms with Gasteiger partial charge in [0, 0.05) is 5.56 Å². The van der Waals surface area contributed by atoms with Crippen LogP contribution in [0.4, 0.5) is 5.69 Å². The van der Waals surface area contributed by atoms with Gasteiger partial charge in [-0.15, -0.1) is 0 Å². The number of amides is 1. The first-order valence-electron chi connectivity index (χ1n) is 7.02. The summed E-state index contributed by atoms with van der Waals surface area (Å²) in [4.78, 5) is 30.3. The van der Waals surface area contributed by atoms with Gasteiger partial charge >= 0.3 is 0 Å². The number of nitrogens with one attached hydrogen (secondary N) is 2. The Bertz CT molecular complexity index is 868. The Morgan fingerprint density at radius 1 is 1.26 bits per heavy atom. The van der Waals surface area contributed by atoms with Crippen LogP contribution >= 0.6 is 0 Å². The molecule has 0 saturated carbocycles. The summed E-state index contributed by atoms with van der Waals surface area (Å²) in [6, 6.07) is 12.2. The van der Waals surface area contributed by atoms with E-state index >= 15 is 0 Å². The number of carbonyl (C=O) groups excluding carboxylic acids is 1. The molecule has 0 unspecified atom stereocenters. The van der Waals surface area contributed by atoms with E-state index in [2.05, 4.69) is 15.3 Å². The number of benzene rings is 2. The molecule has 3 aromatic rings. The lowest BCUT2D eigenvalue weighted by molar-refractivity contribution is -0.385. The van der Waals surface area contributed by atoms with Gasteiger partial charge in [-0.1, -0.05) is 24.3 Å². The molecule has 0 bridgehead atoms. The first-order chi connectivity index (χ1) is 11.1. The van der Waals surface area contributed by atoms with Crippen LogP contribution in [0.5, 0.6) is 0 Å². The Hall–Kier alpha value is -3.22. The fourth-order valence-electron chi connectivity index (χ4n) is 2.43. The molecule has 0 atom stereocenters. The Labute approximate surface area is 131 Å². The van der Waals surface area contributed by atoms with Crippen LogP contribution in [-0.4, -0.2) is 20.8 Å². The predicted octanol–water partition coefficient (Wildman–Crippen LogP) is 2.71. The molecule has 0 saturated heterocycles. The van der Waals surface area contributed by atoms with Gasteiger partial charge in [-0.05, 0) is 25.1 Å². The molecule has 2 aromatic carbocycles. The normalized spacial score (nSPS) is 10.7. The van der Waals surface area contributed by atoms with E-state index in [-0.39, 0.29) is 17.8 Å². The van der Waals surface area contributed by atoms with Crippen molar-refractivity contribution in [3.63, 3.8) is 0 Å². The Morgan fingerprint density at radius 2 is 2.04 bits per heavy atom. The second-order valence-electron chi connectivity index (χ2n) is 5.11. The number of aromatic nitrogens is 2. The SMILES string of the molecule is Cc1cccc(C(=O)NCc2nc3ccccc3[nH]2)c1[N+](=O)[O-]. The van der Waals surface area contributed by atoms with Crippen LogP contribution in [-0.2, 0) is 6.54 Å². The molecule has 0 aliphatic carbocycles. The van der Waals surface area contributed by atoms with Crippen LogP contribution < -0.4 is 5.32 Å². The van der Waals surface area contributed by atoms with E-state index in [0.717, 1.165) is 11.0 Å². The molecule has 0 fully saturated rings. The van der Waals surface area contributed by atoms with Crippen LogP contribution in [0.25, 0.3) is 11.0 Å². The van der Waals surface area contributed by atoms with Gasteiger partial charge in [0.15, 0.2) is 0 Å². The van der Waals surface area contributed by atoms with Gasteiger partial charge in [-0.3, -0.25) is 14.9 Å². The molecule has 7 nitrogen and oxygen atoms in total. The summed E-state index contributed by atoms with van der Waals surface area (Å²) in [5, 5.41) is 13.8. The highest BCUT2D eigenvalue weighted by Gasteiger charge is 2.22. The number of aryl methyl sites for hydroxylation is 1. The first-order valence-corrected chi connectivity index (χ1v) is 7.02. The Morgan fingerprint density at radius 3 is 2.78 bits per heavy atom. The van der Waals surface area contributed by atoms with Gasteiger partial charge < -0.3 is 10.3 Å². The fraction of sp³-hybridized carbons (Fsp3) is 0.125. The van der Waals surface area contributed by atoms with E-state index in [1.807, 2.05) is 24.3 Å². The average Bonchev–Trinajstić information content (AvgIpc) is 2.94. The summed E-state index contributed by atoms with van der Waals surface area (Å²) in [6.45, 7) is 1.77. The van der Waals surface area contributed by atoms with E-state index in [4.69, 9.17) is 0 Å². The lowest BCUT2D eigenvalue weighted by Crippen LogP contribution is -2.24. The predicted molar refractivity (Wildman–Crippen MR) is 85.1 cm³/mol. The topological polar surface area (TPSA) is 101 Å². The molecule has 7 heteroatoms. The molecule has 1 amide bonds. The second-order valence-corrected chi connectivity index (χ2v) is 5.11. The first kappa shape index (κ1) is 14.7. The maximum Gasteiger partial charge on any atom is 0.285 e. The van der Waals surface area contributed by atoms with Crippen LogP contribution in [0.3, 0.4) is 0 Å². The highest BCUT2D eigenvalue weighted by molar-refractivity contribution is 5.98. The van der Waals surface area contributed by atoms with E-state index in [9.17, 15) is 14.9 Å². The number of imidazole rings is 1. The van der Waals surface area contributed by atoms with Gasteiger partial charge in [0.05, 0.1) is 22.5 Å². The number of rotatable bonds is 4. The van der Waals surface area contributed by atoms with Crippen molar-refractivity contribution >= 4 is 22.6 Å². The Kier molecular flexibility index (Phi) is 3.76. The van der Waals surface area contributed by atoms with E-state index in [1.165, 1.54) is 6.07 Å². The highest BCUT2D eigenvalue weighted by atomic mass is 16.6. The van der Waals surface area contributed by atoms with Crippen molar-refractivity contribution in [2.45, 2.75) is 13.5 Å². The lowest BCUT2D eigenvalue weighted by Gasteiger charge is -2.06. The highest BCUT2D eigenvalue weighted by Crippen LogP contribution is 2.23. The summed E-state index contributed by atoms with van der Waals surface area (Å²) < 4.78 is 0. The van der Waals surface area contributed by atoms with Crippen LogP contribution in [0.15, 0.2) is 42.5 Å². The number of H-pyrrole nitrogens is 1. The molecule has 0 aliphatic heterocycles. The van der Waals surface area contributed by atoms with E-state index < -0.39 is 10.8 Å². The number of para-hydroxylation sites is 3. The van der Waals surface area contributed by atoms with Crippen LogP contribution in [0.1, 0.15) is 21.7 Å². The number of nitrogens with zero attached hydrogens (tertiary/aromatic N) is 2. The van der Waals surface area contributed by atoms with Crippen LogP contribution in [0, 0.1) is 17.0 Å². The molecule has 116 valence electrons. The third-order valence-corrected chi connectivity index (χ3v) is 3.52. The number of hydrogen-bond donors (Lipinski definition) is 2. The van der Waals surface area contributed by atoms with Crippen molar-refractivity contribution in [2.24, 2.45) is 0 Å².